The number of nitrogens with one attached hydrogen (secondary N) is 2. The minimum Gasteiger partial charge on any atom is -0.366 e. The van der Waals surface area contributed by atoms with Crippen LogP contribution < -0.4 is 16.6 Å². The zero-order valence-electron chi connectivity index (χ0n) is 9.50. The molecule has 0 unspecified atom stereocenters. The van der Waals surface area contributed by atoms with E-state index in [0.717, 1.165) is 19.3 Å². The Labute approximate surface area is 94.0 Å². The number of hydrogen-bond acceptors (Lipinski definition) is 6. The van der Waals surface area contributed by atoms with Crippen LogP contribution in [-0.2, 0) is 0 Å². The lowest BCUT2D eigenvalue weighted by Gasteiger charge is -2.14. The molecule has 0 radical (unpaired) electrons. The van der Waals surface area contributed by atoms with E-state index >= 15 is 0 Å². The third-order valence-corrected chi connectivity index (χ3v) is 2.20. The molecule has 0 aliphatic heterocycles. The molecule has 1 aromatic rings. The highest BCUT2D eigenvalue weighted by Crippen LogP contribution is 2.10. The molecule has 0 aliphatic rings. The van der Waals surface area contributed by atoms with Gasteiger partial charge in [0.25, 0.3) is 0 Å². The first kappa shape index (κ1) is 12.6. The van der Waals surface area contributed by atoms with Crippen molar-refractivity contribution in [3.63, 3.8) is 0 Å². The third kappa shape index (κ3) is 3.59. The SMILES string of the molecule is CCN(C)CCNc1nc(NN)ncc1F. The Balaban J connectivity index is 2.52. The fraction of sp³-hybridized carbons (Fsp3) is 0.556. The molecule has 6 nitrogen and oxygen atoms in total. The monoisotopic (exact) mass is 228 g/mol. The van der Waals surface area contributed by atoms with Crippen molar-refractivity contribution in [2.45, 2.75) is 6.92 Å². The summed E-state index contributed by atoms with van der Waals surface area (Å²) in [5.41, 5.74) is 2.27. The van der Waals surface area contributed by atoms with Gasteiger partial charge in [0, 0.05) is 13.1 Å². The Hall–Kier alpha value is -1.47. The van der Waals surface area contributed by atoms with Gasteiger partial charge in [-0.25, -0.2) is 15.2 Å². The highest BCUT2D eigenvalue weighted by atomic mass is 19.1. The van der Waals surface area contributed by atoms with Gasteiger partial charge in [-0.15, -0.1) is 0 Å². The molecule has 0 aromatic carbocycles. The first-order valence-electron chi connectivity index (χ1n) is 5.09. The first-order chi connectivity index (χ1) is 7.67. The summed E-state index contributed by atoms with van der Waals surface area (Å²) in [4.78, 5) is 9.61. The number of hydrazine groups is 1. The lowest BCUT2D eigenvalue weighted by molar-refractivity contribution is 0.366. The average molecular weight is 228 g/mol. The fourth-order valence-electron chi connectivity index (χ4n) is 1.08. The first-order valence-corrected chi connectivity index (χ1v) is 5.09. The number of hydrogen-bond donors (Lipinski definition) is 3. The van der Waals surface area contributed by atoms with Crippen LogP contribution in [-0.4, -0.2) is 41.5 Å². The van der Waals surface area contributed by atoms with Crippen LogP contribution in [0.5, 0.6) is 0 Å². The van der Waals surface area contributed by atoms with E-state index < -0.39 is 5.82 Å². The number of nitrogen functional groups attached to an aromatic ring is 1. The van der Waals surface area contributed by atoms with Gasteiger partial charge in [0.2, 0.25) is 5.95 Å². The highest BCUT2D eigenvalue weighted by molar-refractivity contribution is 5.40. The second-order valence-corrected chi connectivity index (χ2v) is 3.36. The van der Waals surface area contributed by atoms with Crippen molar-refractivity contribution in [3.8, 4) is 0 Å². The largest absolute Gasteiger partial charge is 0.366 e. The smallest absolute Gasteiger partial charge is 0.239 e. The molecular formula is C9H17FN6. The molecule has 4 N–H and O–H groups in total. The lowest BCUT2D eigenvalue weighted by atomic mass is 10.5. The van der Waals surface area contributed by atoms with Gasteiger partial charge in [-0.05, 0) is 13.6 Å². The summed E-state index contributed by atoms with van der Waals surface area (Å²) >= 11 is 0. The second-order valence-electron chi connectivity index (χ2n) is 3.36. The van der Waals surface area contributed by atoms with Crippen LogP contribution in [0.15, 0.2) is 6.20 Å². The normalized spacial score (nSPS) is 10.6. The fourth-order valence-corrected chi connectivity index (χ4v) is 1.08. The van der Waals surface area contributed by atoms with Gasteiger partial charge >= 0.3 is 0 Å². The molecular weight excluding hydrogens is 211 g/mol. The van der Waals surface area contributed by atoms with Crippen LogP contribution in [0.1, 0.15) is 6.92 Å². The number of anilines is 2. The summed E-state index contributed by atoms with van der Waals surface area (Å²) in [6.45, 7) is 4.43. The minimum absolute atomic E-state index is 0.160. The lowest BCUT2D eigenvalue weighted by Crippen LogP contribution is -2.25. The van der Waals surface area contributed by atoms with E-state index in [2.05, 4.69) is 32.5 Å². The van der Waals surface area contributed by atoms with E-state index in [1.165, 1.54) is 0 Å². The quantitative estimate of drug-likeness (QED) is 0.479. The summed E-state index contributed by atoms with van der Waals surface area (Å²) < 4.78 is 13.2. The van der Waals surface area contributed by atoms with Gasteiger partial charge < -0.3 is 10.2 Å². The molecule has 0 fully saturated rings. The van der Waals surface area contributed by atoms with Crippen LogP contribution in [0.25, 0.3) is 0 Å². The Morgan fingerprint density at radius 2 is 2.31 bits per heavy atom. The van der Waals surface area contributed by atoms with Gasteiger partial charge in [-0.1, -0.05) is 6.92 Å². The van der Waals surface area contributed by atoms with E-state index in [1.54, 1.807) is 0 Å². The molecule has 0 spiro atoms. The predicted octanol–water partition coefficient (Wildman–Crippen LogP) is 0.265. The van der Waals surface area contributed by atoms with Crippen LogP contribution in [0.3, 0.4) is 0 Å². The molecule has 16 heavy (non-hydrogen) atoms. The van der Waals surface area contributed by atoms with Gasteiger partial charge in [0.05, 0.1) is 6.20 Å². The molecule has 0 saturated heterocycles. The number of nitrogens with two attached hydrogens (primary N) is 1. The van der Waals surface area contributed by atoms with E-state index in [-0.39, 0.29) is 11.8 Å². The molecule has 0 aliphatic carbocycles. The summed E-state index contributed by atoms with van der Waals surface area (Å²) in [6.07, 6.45) is 1.08. The van der Waals surface area contributed by atoms with Crippen molar-refractivity contribution in [2.75, 3.05) is 37.4 Å². The summed E-state index contributed by atoms with van der Waals surface area (Å²) in [7, 11) is 1.99. The molecule has 1 aromatic heterocycles. The molecule has 1 rings (SSSR count). The van der Waals surface area contributed by atoms with Gasteiger partial charge in [0.1, 0.15) is 0 Å². The number of nitrogens with zero attached hydrogens (tertiary/aromatic N) is 3. The number of rotatable bonds is 6. The standard InChI is InChI=1S/C9H17FN6/c1-3-16(2)5-4-12-8-7(10)6-13-9(14-8)15-11/h6H,3-5,11H2,1-2H3,(H2,12,13,14,15). The van der Waals surface area contributed by atoms with Crippen molar-refractivity contribution < 1.29 is 4.39 Å². The second kappa shape index (κ2) is 6.19. The zero-order valence-corrected chi connectivity index (χ0v) is 9.50. The van der Waals surface area contributed by atoms with Crippen LogP contribution in [0.2, 0.25) is 0 Å². The number of aromatic nitrogens is 2. The Bertz CT molecular complexity index is 332. The maximum atomic E-state index is 13.2. The third-order valence-electron chi connectivity index (χ3n) is 2.20. The van der Waals surface area contributed by atoms with Crippen LogP contribution >= 0.6 is 0 Å². The van der Waals surface area contributed by atoms with E-state index in [0.29, 0.717) is 6.54 Å². The van der Waals surface area contributed by atoms with E-state index in [9.17, 15) is 4.39 Å². The predicted molar refractivity (Wildman–Crippen MR) is 61.5 cm³/mol. The summed E-state index contributed by atoms with van der Waals surface area (Å²) in [5, 5.41) is 2.89. The highest BCUT2D eigenvalue weighted by Gasteiger charge is 2.05. The van der Waals surface area contributed by atoms with Crippen molar-refractivity contribution in [1.29, 1.82) is 0 Å². The summed E-state index contributed by atoms with van der Waals surface area (Å²) in [6, 6.07) is 0. The Morgan fingerprint density at radius 1 is 1.56 bits per heavy atom. The van der Waals surface area contributed by atoms with Crippen LogP contribution in [0, 0.1) is 5.82 Å². The van der Waals surface area contributed by atoms with Gasteiger partial charge in [-0.2, -0.15) is 4.98 Å². The molecule has 0 amide bonds. The molecule has 7 heteroatoms. The average Bonchev–Trinajstić information content (AvgIpc) is 2.31. The maximum Gasteiger partial charge on any atom is 0.239 e. The Morgan fingerprint density at radius 3 is 2.94 bits per heavy atom. The maximum absolute atomic E-state index is 13.2. The minimum atomic E-state index is -0.488. The molecule has 90 valence electrons. The zero-order chi connectivity index (χ0) is 12.0. The van der Waals surface area contributed by atoms with Crippen LogP contribution in [0.4, 0.5) is 16.2 Å². The molecule has 1 heterocycles. The number of likely N-dealkylation sites (N-methyl/N-ethyl adjacent to an activating group) is 1. The van der Waals surface area contributed by atoms with Crippen molar-refractivity contribution >= 4 is 11.8 Å². The molecule has 0 atom stereocenters. The van der Waals surface area contributed by atoms with Crippen molar-refractivity contribution in [1.82, 2.24) is 14.9 Å². The Kier molecular flexibility index (Phi) is 4.87. The molecule has 0 bridgehead atoms. The van der Waals surface area contributed by atoms with E-state index in [4.69, 9.17) is 5.84 Å². The number of halogens is 1. The molecule has 0 saturated carbocycles. The van der Waals surface area contributed by atoms with Crippen molar-refractivity contribution in [2.24, 2.45) is 5.84 Å². The topological polar surface area (TPSA) is 79.1 Å². The summed E-state index contributed by atoms with van der Waals surface area (Å²) in [5.74, 6) is 4.99. The van der Waals surface area contributed by atoms with E-state index in [1.807, 2.05) is 7.05 Å². The van der Waals surface area contributed by atoms with Gasteiger partial charge in [0.15, 0.2) is 11.6 Å². The van der Waals surface area contributed by atoms with Crippen molar-refractivity contribution in [3.05, 3.63) is 12.0 Å². The van der Waals surface area contributed by atoms with Gasteiger partial charge in [-0.3, -0.25) is 5.43 Å².